The van der Waals surface area contributed by atoms with Crippen LogP contribution in [0.2, 0.25) is 0 Å². The fourth-order valence-electron chi connectivity index (χ4n) is 2.01. The summed E-state index contributed by atoms with van der Waals surface area (Å²) in [4.78, 5) is 4.35. The molecule has 0 aliphatic heterocycles. The maximum atomic E-state index is 5.03. The minimum Gasteiger partial charge on any atom is -0.383 e. The van der Waals surface area contributed by atoms with Crippen LogP contribution in [-0.4, -0.2) is 38.1 Å². The normalized spacial score (nSPS) is 11.1. The summed E-state index contributed by atoms with van der Waals surface area (Å²) >= 11 is 0. The van der Waals surface area contributed by atoms with Gasteiger partial charge in [-0.05, 0) is 13.0 Å². The zero-order valence-corrected chi connectivity index (χ0v) is 11.4. The van der Waals surface area contributed by atoms with Crippen molar-refractivity contribution < 1.29 is 4.74 Å². The van der Waals surface area contributed by atoms with E-state index >= 15 is 0 Å². The molecule has 0 atom stereocenters. The lowest BCUT2D eigenvalue weighted by atomic mass is 10.4. The lowest BCUT2D eigenvalue weighted by Crippen LogP contribution is -2.04. The summed E-state index contributed by atoms with van der Waals surface area (Å²) in [6.45, 7) is 3.32. The number of hydrogen-bond donors (Lipinski definition) is 1. The molecule has 7 heteroatoms. The van der Waals surface area contributed by atoms with E-state index in [-0.39, 0.29) is 0 Å². The van der Waals surface area contributed by atoms with E-state index in [0.29, 0.717) is 6.61 Å². The summed E-state index contributed by atoms with van der Waals surface area (Å²) < 4.78 is 8.66. The molecule has 104 valence electrons. The molecule has 0 saturated carbocycles. The molecule has 20 heavy (non-hydrogen) atoms. The average Bonchev–Trinajstić information content (AvgIpc) is 3.02. The Morgan fingerprint density at radius 1 is 1.40 bits per heavy atom. The van der Waals surface area contributed by atoms with Crippen molar-refractivity contribution in [1.29, 1.82) is 0 Å². The number of hydrogen-bond acceptors (Lipinski definition) is 5. The van der Waals surface area contributed by atoms with Gasteiger partial charge in [0.05, 0.1) is 30.7 Å². The van der Waals surface area contributed by atoms with Crippen LogP contribution in [-0.2, 0) is 11.3 Å². The van der Waals surface area contributed by atoms with Crippen molar-refractivity contribution >= 4 is 17.0 Å². The van der Waals surface area contributed by atoms with E-state index in [9.17, 15) is 0 Å². The van der Waals surface area contributed by atoms with Crippen molar-refractivity contribution in [2.45, 2.75) is 13.5 Å². The fraction of sp³-hybridized carbons (Fsp3) is 0.308. The highest BCUT2D eigenvalue weighted by molar-refractivity contribution is 5.72. The Balaban J connectivity index is 1.83. The van der Waals surface area contributed by atoms with Crippen LogP contribution in [0.1, 0.15) is 5.69 Å². The van der Waals surface area contributed by atoms with Gasteiger partial charge in [0.1, 0.15) is 5.52 Å². The first-order chi connectivity index (χ1) is 9.76. The number of nitrogens with zero attached hydrogens (tertiary/aromatic N) is 5. The molecule has 3 rings (SSSR count). The lowest BCUT2D eigenvalue weighted by Gasteiger charge is -2.04. The zero-order valence-electron chi connectivity index (χ0n) is 11.4. The Kier molecular flexibility index (Phi) is 3.34. The lowest BCUT2D eigenvalue weighted by molar-refractivity contribution is 0.183. The van der Waals surface area contributed by atoms with Gasteiger partial charge in [0.15, 0.2) is 5.82 Å². The molecule has 0 bridgehead atoms. The third kappa shape index (κ3) is 2.48. The second-order valence-corrected chi connectivity index (χ2v) is 4.50. The van der Waals surface area contributed by atoms with Crippen LogP contribution in [0, 0.1) is 6.92 Å². The van der Waals surface area contributed by atoms with Crippen molar-refractivity contribution in [2.24, 2.45) is 0 Å². The SMILES string of the molecule is COCCn1cc(Nc2nccn3nc(C)cc23)cn1. The van der Waals surface area contributed by atoms with E-state index in [1.807, 2.05) is 30.1 Å². The van der Waals surface area contributed by atoms with Crippen molar-refractivity contribution in [1.82, 2.24) is 24.4 Å². The van der Waals surface area contributed by atoms with Crippen LogP contribution in [0.3, 0.4) is 0 Å². The molecule has 3 aromatic heterocycles. The first kappa shape index (κ1) is 12.6. The molecule has 0 saturated heterocycles. The van der Waals surface area contributed by atoms with E-state index in [1.165, 1.54) is 0 Å². The van der Waals surface area contributed by atoms with Gasteiger partial charge in [-0.25, -0.2) is 9.50 Å². The van der Waals surface area contributed by atoms with Gasteiger partial charge in [0.25, 0.3) is 0 Å². The first-order valence-corrected chi connectivity index (χ1v) is 6.35. The number of nitrogens with one attached hydrogen (secondary N) is 1. The number of ether oxygens (including phenoxy) is 1. The predicted octanol–water partition coefficient (Wildman–Crippen LogP) is 1.62. The van der Waals surface area contributed by atoms with E-state index in [2.05, 4.69) is 20.5 Å². The van der Waals surface area contributed by atoms with Gasteiger partial charge < -0.3 is 10.1 Å². The highest BCUT2D eigenvalue weighted by Gasteiger charge is 2.06. The average molecular weight is 272 g/mol. The molecular formula is C13H16N6O. The Hall–Kier alpha value is -2.41. The molecule has 1 N–H and O–H groups in total. The number of aromatic nitrogens is 5. The van der Waals surface area contributed by atoms with Crippen LogP contribution >= 0.6 is 0 Å². The molecule has 0 radical (unpaired) electrons. The third-order valence-corrected chi connectivity index (χ3v) is 2.93. The number of aryl methyl sites for hydroxylation is 1. The van der Waals surface area contributed by atoms with Crippen LogP contribution in [0.25, 0.3) is 5.52 Å². The van der Waals surface area contributed by atoms with Crippen LogP contribution in [0.4, 0.5) is 11.5 Å². The molecule has 3 aromatic rings. The van der Waals surface area contributed by atoms with Crippen LogP contribution < -0.4 is 5.32 Å². The maximum Gasteiger partial charge on any atom is 0.156 e. The summed E-state index contributed by atoms with van der Waals surface area (Å²) in [5.74, 6) is 0.763. The second kappa shape index (κ2) is 5.30. The quantitative estimate of drug-likeness (QED) is 0.764. The topological polar surface area (TPSA) is 69.3 Å². The monoisotopic (exact) mass is 272 g/mol. The molecule has 0 aromatic carbocycles. The maximum absolute atomic E-state index is 5.03. The summed E-state index contributed by atoms with van der Waals surface area (Å²) in [6, 6.07) is 1.99. The smallest absolute Gasteiger partial charge is 0.156 e. The van der Waals surface area contributed by atoms with Gasteiger partial charge in [0.2, 0.25) is 0 Å². The number of fused-ring (bicyclic) bond motifs is 1. The molecule has 0 aliphatic carbocycles. The summed E-state index contributed by atoms with van der Waals surface area (Å²) in [7, 11) is 1.68. The standard InChI is InChI=1S/C13H16N6O/c1-10-7-12-13(14-3-4-19(12)17-10)16-11-8-15-18(9-11)5-6-20-2/h3-4,7-9H,5-6H2,1-2H3,(H,14,16). The van der Waals surface area contributed by atoms with E-state index < -0.39 is 0 Å². The molecule has 0 unspecified atom stereocenters. The molecule has 7 nitrogen and oxygen atoms in total. The van der Waals surface area contributed by atoms with Gasteiger partial charge >= 0.3 is 0 Å². The minimum atomic E-state index is 0.636. The van der Waals surface area contributed by atoms with Crippen molar-refractivity contribution in [3.63, 3.8) is 0 Å². The number of anilines is 2. The molecular weight excluding hydrogens is 256 g/mol. The van der Waals surface area contributed by atoms with Gasteiger partial charge in [-0.3, -0.25) is 4.68 Å². The van der Waals surface area contributed by atoms with E-state index in [4.69, 9.17) is 4.74 Å². The minimum absolute atomic E-state index is 0.636. The van der Waals surface area contributed by atoms with Gasteiger partial charge in [-0.1, -0.05) is 0 Å². The van der Waals surface area contributed by atoms with Gasteiger partial charge in [-0.2, -0.15) is 10.2 Å². The third-order valence-electron chi connectivity index (χ3n) is 2.93. The Morgan fingerprint density at radius 3 is 3.15 bits per heavy atom. The molecule has 3 heterocycles. The second-order valence-electron chi connectivity index (χ2n) is 4.50. The molecule has 0 spiro atoms. The summed E-state index contributed by atoms with van der Waals surface area (Å²) in [5.41, 5.74) is 2.78. The Bertz CT molecular complexity index is 717. The van der Waals surface area contributed by atoms with Crippen molar-refractivity contribution in [3.8, 4) is 0 Å². The summed E-state index contributed by atoms with van der Waals surface area (Å²) in [5, 5.41) is 11.9. The first-order valence-electron chi connectivity index (χ1n) is 6.35. The fourth-order valence-corrected chi connectivity index (χ4v) is 2.01. The van der Waals surface area contributed by atoms with Crippen LogP contribution in [0.5, 0.6) is 0 Å². The highest BCUT2D eigenvalue weighted by Crippen LogP contribution is 2.19. The number of methoxy groups -OCH3 is 1. The van der Waals surface area contributed by atoms with E-state index in [0.717, 1.165) is 29.3 Å². The van der Waals surface area contributed by atoms with Gasteiger partial charge in [-0.15, -0.1) is 0 Å². The largest absolute Gasteiger partial charge is 0.383 e. The Morgan fingerprint density at radius 2 is 2.30 bits per heavy atom. The summed E-state index contributed by atoms with van der Waals surface area (Å²) in [6.07, 6.45) is 7.24. The van der Waals surface area contributed by atoms with E-state index in [1.54, 1.807) is 24.0 Å². The number of rotatable bonds is 5. The van der Waals surface area contributed by atoms with Crippen molar-refractivity contribution in [3.05, 3.63) is 36.5 Å². The molecule has 0 aliphatic rings. The molecule has 0 fully saturated rings. The highest BCUT2D eigenvalue weighted by atomic mass is 16.5. The Labute approximate surface area is 116 Å². The predicted molar refractivity (Wildman–Crippen MR) is 75.1 cm³/mol. The molecule has 0 amide bonds. The van der Waals surface area contributed by atoms with Gasteiger partial charge in [0, 0.05) is 25.7 Å². The van der Waals surface area contributed by atoms with Crippen molar-refractivity contribution in [2.75, 3.05) is 19.0 Å². The zero-order chi connectivity index (χ0) is 13.9. The van der Waals surface area contributed by atoms with Crippen LogP contribution in [0.15, 0.2) is 30.9 Å².